The molecule has 0 bridgehead atoms. The van der Waals surface area contributed by atoms with Gasteiger partial charge in [-0.15, -0.1) is 5.10 Å². The Hall–Kier alpha value is -3.89. The van der Waals surface area contributed by atoms with Crippen LogP contribution in [-0.2, 0) is 27.8 Å². The van der Waals surface area contributed by atoms with E-state index in [0.717, 1.165) is 16.8 Å². The van der Waals surface area contributed by atoms with Crippen LogP contribution in [-0.4, -0.2) is 45.9 Å². The maximum atomic E-state index is 12.8. The number of amides is 1. The fraction of sp³-hybridized carbons (Fsp3) is 0.130. The van der Waals surface area contributed by atoms with Gasteiger partial charge in [0.2, 0.25) is 15.9 Å². The normalized spacial score (nSPS) is 11.5. The van der Waals surface area contributed by atoms with E-state index in [1.807, 2.05) is 54.6 Å². The second kappa shape index (κ2) is 9.72. The van der Waals surface area contributed by atoms with E-state index in [1.165, 1.54) is 27.4 Å². The average Bonchev–Trinajstić information content (AvgIpc) is 3.35. The first-order valence-corrected chi connectivity index (χ1v) is 11.6. The molecule has 0 atom stereocenters. The van der Waals surface area contributed by atoms with Gasteiger partial charge in [0.25, 0.3) is 0 Å². The maximum absolute atomic E-state index is 12.8. The molecule has 0 aliphatic rings. The lowest BCUT2D eigenvalue weighted by Gasteiger charge is -2.17. The molecule has 1 amide bonds. The Labute approximate surface area is 191 Å². The van der Waals surface area contributed by atoms with Gasteiger partial charge in [0, 0.05) is 19.3 Å². The van der Waals surface area contributed by atoms with Crippen molar-refractivity contribution in [2.45, 2.75) is 17.9 Å². The molecule has 1 aromatic heterocycles. The number of benzene rings is 3. The van der Waals surface area contributed by atoms with Crippen molar-refractivity contribution in [2.75, 3.05) is 12.4 Å². The van der Waals surface area contributed by atoms with E-state index in [4.69, 9.17) is 0 Å². The highest BCUT2D eigenvalue weighted by Gasteiger charge is 2.21. The second-order valence-corrected chi connectivity index (χ2v) is 9.46. The fourth-order valence-electron chi connectivity index (χ4n) is 3.25. The molecule has 0 fully saturated rings. The third-order valence-corrected chi connectivity index (χ3v) is 6.83. The molecule has 1 heterocycles. The van der Waals surface area contributed by atoms with Crippen molar-refractivity contribution < 1.29 is 13.2 Å². The van der Waals surface area contributed by atoms with E-state index in [-0.39, 0.29) is 23.8 Å². The molecule has 33 heavy (non-hydrogen) atoms. The number of carbonyl (C=O) groups excluding carboxylic acids is 1. The molecule has 1 N–H and O–H groups in total. The minimum absolute atomic E-state index is 0.164. The summed E-state index contributed by atoms with van der Waals surface area (Å²) < 4.78 is 28.5. The Morgan fingerprint density at radius 3 is 2.27 bits per heavy atom. The minimum Gasteiger partial charge on any atom is -0.326 e. The Kier molecular flexibility index (Phi) is 6.57. The molecule has 3 aromatic carbocycles. The summed E-state index contributed by atoms with van der Waals surface area (Å²) in [5.41, 5.74) is 3.04. The van der Waals surface area contributed by atoms with Crippen molar-refractivity contribution in [3.8, 4) is 5.69 Å². The Morgan fingerprint density at radius 1 is 0.939 bits per heavy atom. The van der Waals surface area contributed by atoms with Crippen LogP contribution in [0.15, 0.2) is 90.1 Å². The monoisotopic (exact) mass is 462 g/mol. The van der Waals surface area contributed by atoms with Crippen LogP contribution in [0, 0.1) is 0 Å². The number of hydrogen-bond acceptors (Lipinski definition) is 6. The third kappa shape index (κ3) is 5.48. The molecule has 10 heteroatoms. The van der Waals surface area contributed by atoms with Crippen molar-refractivity contribution in [2.24, 2.45) is 0 Å². The minimum atomic E-state index is -3.65. The zero-order valence-corrected chi connectivity index (χ0v) is 18.7. The number of tetrazole rings is 1. The van der Waals surface area contributed by atoms with E-state index in [0.29, 0.717) is 5.69 Å². The number of aromatic nitrogens is 4. The van der Waals surface area contributed by atoms with E-state index in [9.17, 15) is 13.2 Å². The Morgan fingerprint density at radius 2 is 1.64 bits per heavy atom. The van der Waals surface area contributed by atoms with Gasteiger partial charge in [-0.3, -0.25) is 4.79 Å². The number of rotatable bonds is 8. The third-order valence-electron chi connectivity index (χ3n) is 5.01. The highest BCUT2D eigenvalue weighted by atomic mass is 32.2. The fourth-order valence-corrected chi connectivity index (χ4v) is 4.41. The zero-order valence-electron chi connectivity index (χ0n) is 17.9. The smallest absolute Gasteiger partial charge is 0.243 e. The lowest BCUT2D eigenvalue weighted by atomic mass is 10.1. The highest BCUT2D eigenvalue weighted by molar-refractivity contribution is 7.89. The summed E-state index contributed by atoms with van der Waals surface area (Å²) in [5.74, 6) is -0.207. The summed E-state index contributed by atoms with van der Waals surface area (Å²) in [7, 11) is -2.10. The van der Waals surface area contributed by atoms with Crippen LogP contribution in [0.5, 0.6) is 0 Å². The predicted molar refractivity (Wildman–Crippen MR) is 123 cm³/mol. The average molecular weight is 463 g/mol. The predicted octanol–water partition coefficient (Wildman–Crippen LogP) is 2.66. The number of sulfonamides is 1. The van der Waals surface area contributed by atoms with Gasteiger partial charge >= 0.3 is 0 Å². The first kappa shape index (κ1) is 22.3. The van der Waals surface area contributed by atoms with Crippen molar-refractivity contribution in [1.82, 2.24) is 24.5 Å². The van der Waals surface area contributed by atoms with Crippen LogP contribution in [0.1, 0.15) is 11.1 Å². The van der Waals surface area contributed by atoms with Gasteiger partial charge in [-0.1, -0.05) is 42.5 Å². The van der Waals surface area contributed by atoms with Gasteiger partial charge in [0.15, 0.2) is 0 Å². The summed E-state index contributed by atoms with van der Waals surface area (Å²) in [5, 5.41) is 13.8. The van der Waals surface area contributed by atoms with Gasteiger partial charge in [-0.2, -0.15) is 4.31 Å². The number of nitrogens with zero attached hydrogens (tertiary/aromatic N) is 5. The number of hydrogen-bond donors (Lipinski definition) is 1. The van der Waals surface area contributed by atoms with Crippen LogP contribution in [0.25, 0.3) is 5.69 Å². The second-order valence-electron chi connectivity index (χ2n) is 7.42. The van der Waals surface area contributed by atoms with E-state index in [1.54, 1.807) is 19.2 Å². The molecule has 0 spiro atoms. The maximum Gasteiger partial charge on any atom is 0.243 e. The molecule has 0 aliphatic carbocycles. The SMILES string of the molecule is CN(Cc1ccccc1)S(=O)(=O)c1ccc(NC(=O)Cc2ccc(-n3cnnn3)cc2)cc1. The molecule has 4 aromatic rings. The summed E-state index contributed by atoms with van der Waals surface area (Å²) in [4.78, 5) is 12.6. The van der Waals surface area contributed by atoms with E-state index >= 15 is 0 Å². The van der Waals surface area contributed by atoms with Gasteiger partial charge in [0.1, 0.15) is 6.33 Å². The summed E-state index contributed by atoms with van der Waals surface area (Å²) >= 11 is 0. The van der Waals surface area contributed by atoms with Crippen LogP contribution in [0.3, 0.4) is 0 Å². The first-order chi connectivity index (χ1) is 15.9. The topological polar surface area (TPSA) is 110 Å². The molecule has 168 valence electrons. The molecule has 0 aliphatic heterocycles. The lowest BCUT2D eigenvalue weighted by molar-refractivity contribution is -0.115. The molecule has 4 rings (SSSR count). The molecule has 0 radical (unpaired) electrons. The van der Waals surface area contributed by atoms with E-state index in [2.05, 4.69) is 20.8 Å². The number of carbonyl (C=O) groups is 1. The Bertz CT molecular complexity index is 1310. The van der Waals surface area contributed by atoms with Gasteiger partial charge in [0.05, 0.1) is 17.0 Å². The van der Waals surface area contributed by atoms with Crippen LogP contribution in [0.4, 0.5) is 5.69 Å². The number of nitrogens with one attached hydrogen (secondary N) is 1. The zero-order chi connectivity index (χ0) is 23.3. The summed E-state index contributed by atoms with van der Waals surface area (Å²) in [6, 6.07) is 22.8. The standard InChI is InChI=1S/C23H22N6O3S/c1-28(16-19-5-3-2-4-6-19)33(31,32)22-13-9-20(10-14-22)25-23(30)15-18-7-11-21(12-8-18)29-17-24-26-27-29/h2-14,17H,15-16H2,1H3,(H,25,30). The van der Waals surface area contributed by atoms with Crippen molar-refractivity contribution in [1.29, 1.82) is 0 Å². The van der Waals surface area contributed by atoms with Gasteiger partial charge < -0.3 is 5.32 Å². The largest absolute Gasteiger partial charge is 0.326 e. The van der Waals surface area contributed by atoms with Crippen molar-refractivity contribution >= 4 is 21.6 Å². The van der Waals surface area contributed by atoms with Gasteiger partial charge in [-0.05, 0) is 58.0 Å². The van der Waals surface area contributed by atoms with Crippen LogP contribution in [0.2, 0.25) is 0 Å². The molecule has 9 nitrogen and oxygen atoms in total. The molecule has 0 saturated heterocycles. The molecule has 0 saturated carbocycles. The quantitative estimate of drug-likeness (QED) is 0.431. The Balaban J connectivity index is 1.36. The van der Waals surface area contributed by atoms with Gasteiger partial charge in [-0.25, -0.2) is 13.1 Å². The molecular weight excluding hydrogens is 440 g/mol. The molecular formula is C23H22N6O3S. The van der Waals surface area contributed by atoms with Crippen molar-refractivity contribution in [3.05, 3.63) is 96.3 Å². The molecule has 0 unspecified atom stereocenters. The first-order valence-electron chi connectivity index (χ1n) is 10.1. The van der Waals surface area contributed by atoms with Crippen molar-refractivity contribution in [3.63, 3.8) is 0 Å². The van der Waals surface area contributed by atoms with E-state index < -0.39 is 10.0 Å². The highest BCUT2D eigenvalue weighted by Crippen LogP contribution is 2.19. The lowest BCUT2D eigenvalue weighted by Crippen LogP contribution is -2.26. The van der Waals surface area contributed by atoms with Crippen LogP contribution < -0.4 is 5.32 Å². The number of anilines is 1. The van der Waals surface area contributed by atoms with Crippen LogP contribution >= 0.6 is 0 Å². The summed E-state index contributed by atoms with van der Waals surface area (Å²) in [6.07, 6.45) is 1.67. The summed E-state index contributed by atoms with van der Waals surface area (Å²) in [6.45, 7) is 0.272.